The summed E-state index contributed by atoms with van der Waals surface area (Å²) in [6.45, 7) is 0.741. The summed E-state index contributed by atoms with van der Waals surface area (Å²) in [5.74, 6) is -0.927. The maximum atomic E-state index is 11.0. The molecule has 0 aromatic heterocycles. The molecular weight excluding hydrogens is 252 g/mol. The van der Waals surface area contributed by atoms with Gasteiger partial charge in [-0.25, -0.2) is 4.79 Å². The third kappa shape index (κ3) is 4.07. The second-order valence-corrected chi connectivity index (χ2v) is 4.29. The Morgan fingerprint density at radius 1 is 1.05 bits per heavy atom. The number of ether oxygens (including phenoxy) is 1. The molecule has 0 saturated heterocycles. The molecule has 0 amide bonds. The van der Waals surface area contributed by atoms with Crippen LogP contribution in [0.2, 0.25) is 0 Å². The highest BCUT2D eigenvalue weighted by Gasteiger charge is 2.07. The van der Waals surface area contributed by atoms with Gasteiger partial charge in [0.2, 0.25) is 0 Å². The van der Waals surface area contributed by atoms with Gasteiger partial charge >= 0.3 is 5.97 Å². The van der Waals surface area contributed by atoms with Gasteiger partial charge in [0.15, 0.2) is 0 Å². The van der Waals surface area contributed by atoms with Crippen LogP contribution in [-0.4, -0.2) is 17.7 Å². The lowest BCUT2D eigenvalue weighted by Gasteiger charge is -2.05. The second-order valence-electron chi connectivity index (χ2n) is 4.29. The summed E-state index contributed by atoms with van der Waals surface area (Å²) in [6, 6.07) is 16.8. The van der Waals surface area contributed by atoms with Gasteiger partial charge in [0, 0.05) is 0 Å². The van der Waals surface area contributed by atoms with E-state index in [9.17, 15) is 4.79 Å². The first-order chi connectivity index (χ1) is 9.77. The standard InChI is InChI=1S/C17H16O3/c18-17(19)16-11-5-4-10-15(16)13-20-12-6-9-14-7-2-1-3-8-14/h1-11H,12-13H2,(H,18,19)/b9-6+. The molecule has 0 spiro atoms. The third-order valence-electron chi connectivity index (χ3n) is 2.83. The Morgan fingerprint density at radius 2 is 1.75 bits per heavy atom. The molecule has 0 radical (unpaired) electrons. The Balaban J connectivity index is 1.85. The molecule has 0 aliphatic heterocycles. The largest absolute Gasteiger partial charge is 0.478 e. The zero-order valence-electron chi connectivity index (χ0n) is 11.0. The quantitative estimate of drug-likeness (QED) is 0.814. The predicted octanol–water partition coefficient (Wildman–Crippen LogP) is 3.61. The topological polar surface area (TPSA) is 46.5 Å². The summed E-state index contributed by atoms with van der Waals surface area (Å²) in [4.78, 5) is 11.0. The van der Waals surface area contributed by atoms with E-state index in [1.165, 1.54) is 0 Å². The van der Waals surface area contributed by atoms with Crippen molar-refractivity contribution < 1.29 is 14.6 Å². The first-order valence-electron chi connectivity index (χ1n) is 6.38. The van der Waals surface area contributed by atoms with E-state index < -0.39 is 5.97 Å². The minimum Gasteiger partial charge on any atom is -0.478 e. The van der Waals surface area contributed by atoms with Crippen LogP contribution in [0.5, 0.6) is 0 Å². The average molecular weight is 268 g/mol. The number of aromatic carboxylic acids is 1. The first kappa shape index (κ1) is 14.0. The molecule has 0 heterocycles. The van der Waals surface area contributed by atoms with E-state index in [2.05, 4.69) is 0 Å². The van der Waals surface area contributed by atoms with Crippen LogP contribution >= 0.6 is 0 Å². The van der Waals surface area contributed by atoms with Crippen molar-refractivity contribution in [3.8, 4) is 0 Å². The zero-order chi connectivity index (χ0) is 14.2. The molecular formula is C17H16O3. The van der Waals surface area contributed by atoms with Crippen molar-refractivity contribution in [2.45, 2.75) is 6.61 Å². The van der Waals surface area contributed by atoms with Gasteiger partial charge in [-0.2, -0.15) is 0 Å². The molecule has 0 fully saturated rings. The Labute approximate surface area is 118 Å². The highest BCUT2D eigenvalue weighted by atomic mass is 16.5. The number of rotatable bonds is 6. The lowest BCUT2D eigenvalue weighted by Crippen LogP contribution is -2.03. The third-order valence-corrected chi connectivity index (χ3v) is 2.83. The summed E-state index contributed by atoms with van der Waals surface area (Å²) < 4.78 is 5.48. The highest BCUT2D eigenvalue weighted by Crippen LogP contribution is 2.10. The molecule has 3 nitrogen and oxygen atoms in total. The van der Waals surface area contributed by atoms with Gasteiger partial charge in [0.25, 0.3) is 0 Å². The molecule has 20 heavy (non-hydrogen) atoms. The SMILES string of the molecule is O=C(O)c1ccccc1COC/C=C/c1ccccc1. The average Bonchev–Trinajstić information content (AvgIpc) is 2.48. The predicted molar refractivity (Wildman–Crippen MR) is 78.5 cm³/mol. The van der Waals surface area contributed by atoms with Crippen molar-refractivity contribution in [3.05, 3.63) is 77.4 Å². The van der Waals surface area contributed by atoms with Crippen LogP contribution in [0.3, 0.4) is 0 Å². The number of carboxylic acids is 1. The van der Waals surface area contributed by atoms with Crippen LogP contribution in [-0.2, 0) is 11.3 Å². The van der Waals surface area contributed by atoms with Crippen molar-refractivity contribution in [1.82, 2.24) is 0 Å². The van der Waals surface area contributed by atoms with E-state index in [1.807, 2.05) is 48.6 Å². The molecule has 0 aliphatic carbocycles. The van der Waals surface area contributed by atoms with Gasteiger partial charge in [0.05, 0.1) is 18.8 Å². The molecule has 2 rings (SSSR count). The lowest BCUT2D eigenvalue weighted by atomic mass is 10.1. The minimum atomic E-state index is -0.927. The monoisotopic (exact) mass is 268 g/mol. The fourth-order valence-electron chi connectivity index (χ4n) is 1.84. The highest BCUT2D eigenvalue weighted by molar-refractivity contribution is 5.89. The fraction of sp³-hybridized carbons (Fsp3) is 0.118. The van der Waals surface area contributed by atoms with E-state index in [0.29, 0.717) is 24.3 Å². The molecule has 1 N–H and O–H groups in total. The number of carboxylic acid groups (broad SMARTS) is 1. The van der Waals surface area contributed by atoms with Gasteiger partial charge in [-0.3, -0.25) is 0 Å². The van der Waals surface area contributed by atoms with E-state index in [0.717, 1.165) is 5.56 Å². The number of benzene rings is 2. The molecule has 0 aliphatic rings. The van der Waals surface area contributed by atoms with Gasteiger partial charge in [0.1, 0.15) is 0 Å². The normalized spacial score (nSPS) is 10.8. The fourth-order valence-corrected chi connectivity index (χ4v) is 1.84. The molecule has 102 valence electrons. The Hall–Kier alpha value is -2.39. The number of hydrogen-bond acceptors (Lipinski definition) is 2. The van der Waals surface area contributed by atoms with Crippen LogP contribution in [0.25, 0.3) is 6.08 Å². The van der Waals surface area contributed by atoms with Crippen LogP contribution in [0, 0.1) is 0 Å². The smallest absolute Gasteiger partial charge is 0.336 e. The van der Waals surface area contributed by atoms with Crippen molar-refractivity contribution in [3.63, 3.8) is 0 Å². The molecule has 0 unspecified atom stereocenters. The maximum absolute atomic E-state index is 11.0. The van der Waals surface area contributed by atoms with E-state index in [4.69, 9.17) is 9.84 Å². The van der Waals surface area contributed by atoms with Crippen molar-refractivity contribution >= 4 is 12.0 Å². The molecule has 2 aromatic carbocycles. The summed E-state index contributed by atoms with van der Waals surface area (Å²) in [6.07, 6.45) is 3.89. The van der Waals surface area contributed by atoms with Crippen LogP contribution in [0.1, 0.15) is 21.5 Å². The van der Waals surface area contributed by atoms with Gasteiger partial charge in [-0.1, -0.05) is 60.7 Å². The Morgan fingerprint density at radius 3 is 2.50 bits per heavy atom. The van der Waals surface area contributed by atoms with Gasteiger partial charge in [-0.05, 0) is 17.2 Å². The molecule has 0 bridgehead atoms. The summed E-state index contributed by atoms with van der Waals surface area (Å²) in [7, 11) is 0. The Bertz CT molecular complexity index is 588. The maximum Gasteiger partial charge on any atom is 0.336 e. The van der Waals surface area contributed by atoms with Crippen LogP contribution in [0.15, 0.2) is 60.7 Å². The van der Waals surface area contributed by atoms with Crippen LogP contribution in [0.4, 0.5) is 0 Å². The summed E-state index contributed by atoms with van der Waals surface area (Å²) in [5.41, 5.74) is 2.09. The van der Waals surface area contributed by atoms with Crippen molar-refractivity contribution in [1.29, 1.82) is 0 Å². The van der Waals surface area contributed by atoms with Gasteiger partial charge < -0.3 is 9.84 Å². The first-order valence-corrected chi connectivity index (χ1v) is 6.38. The molecule has 2 aromatic rings. The summed E-state index contributed by atoms with van der Waals surface area (Å²) in [5, 5.41) is 9.05. The number of carbonyl (C=O) groups is 1. The van der Waals surface area contributed by atoms with E-state index in [1.54, 1.807) is 18.2 Å². The van der Waals surface area contributed by atoms with E-state index in [-0.39, 0.29) is 0 Å². The summed E-state index contributed by atoms with van der Waals surface area (Å²) >= 11 is 0. The van der Waals surface area contributed by atoms with Crippen LogP contribution < -0.4 is 0 Å². The molecule has 0 atom stereocenters. The Kier molecular flexibility index (Phi) is 5.09. The van der Waals surface area contributed by atoms with E-state index >= 15 is 0 Å². The van der Waals surface area contributed by atoms with Gasteiger partial charge in [-0.15, -0.1) is 0 Å². The number of hydrogen-bond donors (Lipinski definition) is 1. The molecule has 0 saturated carbocycles. The lowest BCUT2D eigenvalue weighted by molar-refractivity contribution is 0.0690. The van der Waals surface area contributed by atoms with Crippen molar-refractivity contribution in [2.24, 2.45) is 0 Å². The molecule has 3 heteroatoms. The second kappa shape index (κ2) is 7.26. The zero-order valence-corrected chi connectivity index (χ0v) is 11.0. The van der Waals surface area contributed by atoms with Crippen molar-refractivity contribution in [2.75, 3.05) is 6.61 Å². The minimum absolute atomic E-state index is 0.291.